The zero-order valence-corrected chi connectivity index (χ0v) is 42.9. The molecule has 5 aromatic carbocycles. The summed E-state index contributed by atoms with van der Waals surface area (Å²) in [7, 11) is 0. The van der Waals surface area contributed by atoms with Crippen molar-refractivity contribution in [1.82, 2.24) is 0 Å². The molecule has 1 fully saturated rings. The maximum Gasteiger partial charge on any atom is 0.159 e. The Morgan fingerprint density at radius 2 is 0.681 bits per heavy atom. The molecule has 0 bridgehead atoms. The molecule has 1 aliphatic carbocycles. The van der Waals surface area contributed by atoms with E-state index in [2.05, 4.69) is 0 Å². The summed E-state index contributed by atoms with van der Waals surface area (Å²) in [6, 6.07) is 36.9. The molecule has 11 heteroatoms. The summed E-state index contributed by atoms with van der Waals surface area (Å²) < 4.78 is 5.63. The lowest BCUT2D eigenvalue weighted by Gasteiger charge is -2.17. The maximum absolute atomic E-state index is 11.1. The molecule has 0 aliphatic heterocycles. The highest BCUT2D eigenvalue weighted by Crippen LogP contribution is 2.24. The molecular weight excluding hydrogens is 909 g/mol. The molecule has 6 rings (SSSR count). The molecule has 72 heavy (non-hydrogen) atoms. The molecule has 0 atom stereocenters. The van der Waals surface area contributed by atoms with E-state index < -0.39 is 0 Å². The summed E-state index contributed by atoms with van der Waals surface area (Å²) in [5.41, 5.74) is 2.86. The third-order valence-corrected chi connectivity index (χ3v) is 8.77. The first kappa shape index (κ1) is 73.8. The van der Waals surface area contributed by atoms with Crippen LogP contribution in [0.5, 0.6) is 11.5 Å². The van der Waals surface area contributed by atoms with Crippen molar-refractivity contribution in [2.75, 3.05) is 0 Å². The van der Waals surface area contributed by atoms with E-state index in [1.165, 1.54) is 93.9 Å². The summed E-state index contributed by atoms with van der Waals surface area (Å²) in [5, 5.41) is 2.29. The fourth-order valence-corrected chi connectivity index (χ4v) is 5.59. The fraction of sp³-hybridized carbons (Fsp3) is 0.377. The molecule has 0 amide bonds. The van der Waals surface area contributed by atoms with E-state index in [1.54, 1.807) is 69.3 Å². The van der Waals surface area contributed by atoms with E-state index in [4.69, 9.17) is 4.74 Å². The van der Waals surface area contributed by atoms with Crippen LogP contribution in [0.1, 0.15) is 192 Å². The number of ether oxygens (including phenoxy) is 1. The smallest absolute Gasteiger partial charge is 0.159 e. The zero-order chi connectivity index (χ0) is 53.1. The molecule has 1 aliphatic rings. The van der Waals surface area contributed by atoms with Crippen molar-refractivity contribution in [3.63, 3.8) is 0 Å². The molecule has 0 N–H and O–H groups in total. The van der Waals surface area contributed by atoms with Gasteiger partial charge < -0.3 is 19.1 Å². The van der Waals surface area contributed by atoms with Crippen LogP contribution in [0.3, 0.4) is 0 Å². The molecule has 394 valence electrons. The van der Waals surface area contributed by atoms with E-state index in [0.717, 1.165) is 29.4 Å². The van der Waals surface area contributed by atoms with Crippen LogP contribution in [0.15, 0.2) is 121 Å². The number of fused-ring (bicyclic) bond motifs is 1. The van der Waals surface area contributed by atoms with Gasteiger partial charge in [-0.15, -0.1) is 0 Å². The minimum absolute atomic E-state index is 0. The minimum Gasteiger partial charge on any atom is -0.457 e. The van der Waals surface area contributed by atoms with E-state index in [-0.39, 0.29) is 80.7 Å². The van der Waals surface area contributed by atoms with Gasteiger partial charge in [0, 0.05) is 28.2 Å². The van der Waals surface area contributed by atoms with E-state index in [9.17, 15) is 47.9 Å². The van der Waals surface area contributed by atoms with Crippen LogP contribution in [0, 0.1) is 5.92 Å². The van der Waals surface area contributed by atoms with Gasteiger partial charge in [-0.2, -0.15) is 0 Å². The normalized spacial score (nSPS) is 10.2. The zero-order valence-electron chi connectivity index (χ0n) is 42.9. The highest BCUT2D eigenvalue weighted by atomic mass is 16.5. The second-order valence-corrected chi connectivity index (χ2v) is 16.6. The maximum atomic E-state index is 11.1. The van der Waals surface area contributed by atoms with Crippen LogP contribution in [-0.2, 0) is 28.8 Å². The molecule has 0 saturated heterocycles. The van der Waals surface area contributed by atoms with Gasteiger partial charge >= 0.3 is 0 Å². The van der Waals surface area contributed by atoms with Gasteiger partial charge in [-0.3, -0.25) is 33.6 Å². The predicted molar refractivity (Wildman–Crippen MR) is 296 cm³/mol. The molecule has 5 aromatic rings. The Labute approximate surface area is 431 Å². The summed E-state index contributed by atoms with van der Waals surface area (Å²) in [6.45, 7) is 19.9. The summed E-state index contributed by atoms with van der Waals surface area (Å²) >= 11 is 0. The standard InChI is InChI=1S/C16H14O3.C12H10O.C8H14O.C8H8O.C5H8O2.3C3H6O.3CH4/c1-11(17)13-3-7-15(8-4-13)19-16-9-5-14(6-10-16)12(2)18;1-9(13)11-7-6-10-4-2-3-5-12(10)8-11;2*1-7(9)8-5-3-2-4-6-8;1-4(6)3-5(2)7;3*1-3(2)4;;;/h3-10H,1-2H3;2-8H,1H3;8H,2-6H2,1H3;2-6H,1H3;3H2,1-2H3;3*1-2H3;3*1H4. The Morgan fingerprint density at radius 1 is 0.375 bits per heavy atom. The van der Waals surface area contributed by atoms with E-state index in [0.29, 0.717) is 34.3 Å². The molecule has 0 spiro atoms. The number of hydrogen-bond acceptors (Lipinski definition) is 11. The van der Waals surface area contributed by atoms with Crippen LogP contribution >= 0.6 is 0 Å². The molecule has 0 unspecified atom stereocenters. The molecular formula is C61H84O11. The van der Waals surface area contributed by atoms with Crippen molar-refractivity contribution in [3.05, 3.63) is 144 Å². The Bertz CT molecular complexity index is 2300. The van der Waals surface area contributed by atoms with Crippen LogP contribution < -0.4 is 4.74 Å². The SMILES string of the molecule is C.C.C.CC(=O)C1CCCCC1.CC(=O)CC(C)=O.CC(=O)c1ccc(Oc2ccc(C(C)=O)cc2)cc1.CC(=O)c1ccc2ccccc2c1.CC(=O)c1ccccc1.CC(C)=O.CC(C)=O.CC(C)=O. The number of benzene rings is 5. The molecule has 0 heterocycles. The molecule has 0 aromatic heterocycles. The van der Waals surface area contributed by atoms with Gasteiger partial charge in [-0.05, 0) is 168 Å². The largest absolute Gasteiger partial charge is 0.457 e. The monoisotopic (exact) mass is 993 g/mol. The Kier molecular flexibility index (Phi) is 43.8. The van der Waals surface area contributed by atoms with Gasteiger partial charge in [0.1, 0.15) is 46.2 Å². The molecule has 11 nitrogen and oxygen atoms in total. The Morgan fingerprint density at radius 3 is 0.958 bits per heavy atom. The number of rotatable bonds is 9. The first-order chi connectivity index (χ1) is 32.3. The van der Waals surface area contributed by atoms with Crippen molar-refractivity contribution in [2.24, 2.45) is 5.92 Å². The summed E-state index contributed by atoms with van der Waals surface area (Å²) in [6.07, 6.45) is 6.25. The Hall–Kier alpha value is -7.14. The third-order valence-electron chi connectivity index (χ3n) is 8.77. The van der Waals surface area contributed by atoms with Gasteiger partial charge in [0.2, 0.25) is 0 Å². The van der Waals surface area contributed by atoms with Crippen LogP contribution in [0.25, 0.3) is 10.8 Å². The van der Waals surface area contributed by atoms with Crippen molar-refractivity contribution in [2.45, 2.75) is 151 Å². The van der Waals surface area contributed by atoms with Crippen molar-refractivity contribution in [3.8, 4) is 11.5 Å². The number of ketones is 10. The number of carbonyl (C=O) groups excluding carboxylic acids is 10. The van der Waals surface area contributed by atoms with Crippen molar-refractivity contribution in [1.29, 1.82) is 0 Å². The van der Waals surface area contributed by atoms with Gasteiger partial charge in [0.25, 0.3) is 0 Å². The van der Waals surface area contributed by atoms with Gasteiger partial charge in [0.05, 0.1) is 6.42 Å². The number of Topliss-reactive ketones (excluding diaryl/α,β-unsaturated/α-hetero) is 10. The third kappa shape index (κ3) is 40.7. The molecule has 1 saturated carbocycles. The highest BCUT2D eigenvalue weighted by molar-refractivity contribution is 5.99. The highest BCUT2D eigenvalue weighted by Gasteiger charge is 2.16. The summed E-state index contributed by atoms with van der Waals surface area (Å²) in [4.78, 5) is 103. The van der Waals surface area contributed by atoms with E-state index in [1.807, 2.05) is 72.8 Å². The minimum atomic E-state index is -0.0625. The second-order valence-electron chi connectivity index (χ2n) is 16.6. The second kappa shape index (κ2) is 42.7. The lowest BCUT2D eigenvalue weighted by molar-refractivity contribution is -0.125. The topological polar surface area (TPSA) is 180 Å². The summed E-state index contributed by atoms with van der Waals surface area (Å²) in [5.74, 6) is 2.78. The predicted octanol–water partition coefficient (Wildman–Crippen LogP) is 15.2. The lowest BCUT2D eigenvalue weighted by Crippen LogP contribution is -2.13. The number of carbonyl (C=O) groups is 10. The van der Waals surface area contributed by atoms with Gasteiger partial charge in [0.15, 0.2) is 23.1 Å². The van der Waals surface area contributed by atoms with Crippen molar-refractivity contribution >= 4 is 68.6 Å². The van der Waals surface area contributed by atoms with E-state index >= 15 is 0 Å². The number of hydrogen-bond donors (Lipinski definition) is 0. The first-order valence-corrected chi connectivity index (χ1v) is 22.6. The van der Waals surface area contributed by atoms with Gasteiger partial charge in [-0.25, -0.2) is 0 Å². The van der Waals surface area contributed by atoms with Crippen molar-refractivity contribution < 1.29 is 52.7 Å². The average molecular weight is 993 g/mol. The molecule has 0 radical (unpaired) electrons. The van der Waals surface area contributed by atoms with Crippen LogP contribution in [0.4, 0.5) is 0 Å². The quantitative estimate of drug-likeness (QED) is 0.101. The lowest BCUT2D eigenvalue weighted by atomic mass is 9.87. The Balaban J connectivity index is -0.000000251. The van der Waals surface area contributed by atoms with Gasteiger partial charge in [-0.1, -0.05) is 108 Å². The first-order valence-electron chi connectivity index (χ1n) is 22.6. The fourth-order valence-electron chi connectivity index (χ4n) is 5.59. The van der Waals surface area contributed by atoms with Crippen LogP contribution in [0.2, 0.25) is 0 Å². The average Bonchev–Trinajstić information content (AvgIpc) is 3.27. The van der Waals surface area contributed by atoms with Crippen LogP contribution in [-0.4, -0.2) is 57.8 Å².